The van der Waals surface area contributed by atoms with Gasteiger partial charge in [-0.1, -0.05) is 0 Å². The van der Waals surface area contributed by atoms with E-state index in [0.717, 1.165) is 11.1 Å². The van der Waals surface area contributed by atoms with E-state index in [0.29, 0.717) is 41.3 Å². The molecule has 0 saturated carbocycles. The summed E-state index contributed by atoms with van der Waals surface area (Å²) < 4.78 is 13.9. The lowest BCUT2D eigenvalue weighted by Crippen LogP contribution is -2.14. The zero-order valence-electron chi connectivity index (χ0n) is 16.7. The second-order valence-corrected chi connectivity index (χ2v) is 6.83. The molecule has 0 fully saturated rings. The van der Waals surface area contributed by atoms with E-state index in [1.807, 2.05) is 19.9 Å². The number of fused-ring (bicyclic) bond motifs is 1. The summed E-state index contributed by atoms with van der Waals surface area (Å²) in [5.74, 6) is 0.531. The average Bonchev–Trinajstić information content (AvgIpc) is 3.17. The molecule has 0 aliphatic rings. The minimum absolute atomic E-state index is 0.121. The number of halogens is 1. The van der Waals surface area contributed by atoms with Crippen molar-refractivity contribution in [1.29, 1.82) is 10.8 Å². The van der Waals surface area contributed by atoms with Crippen LogP contribution in [0.2, 0.25) is 0 Å². The van der Waals surface area contributed by atoms with Crippen LogP contribution in [0, 0.1) is 16.9 Å². The molecule has 0 spiro atoms. The summed E-state index contributed by atoms with van der Waals surface area (Å²) in [7, 11) is 0. The fourth-order valence-electron chi connectivity index (χ4n) is 2.85. The van der Waals surface area contributed by atoms with Crippen molar-refractivity contribution in [2.24, 2.45) is 5.11 Å². The Morgan fingerprint density at radius 2 is 2.17 bits per heavy atom. The summed E-state index contributed by atoms with van der Waals surface area (Å²) in [6, 6.07) is 5.71. The first-order valence-electron chi connectivity index (χ1n) is 9.45. The van der Waals surface area contributed by atoms with Gasteiger partial charge in [-0.2, -0.15) is 20.2 Å². The Morgan fingerprint density at radius 1 is 1.33 bits per heavy atom. The molecule has 9 nitrogen and oxygen atoms in total. The maximum Gasteiger partial charge on any atom is 0.164 e. The number of nitrogens with one attached hydrogen (secondary N) is 3. The zero-order valence-corrected chi connectivity index (χ0v) is 16.7. The highest BCUT2D eigenvalue weighted by molar-refractivity contribution is 5.79. The molecule has 0 aromatic carbocycles. The fraction of sp³-hybridized carbons (Fsp3) is 0.300. The molecule has 10 heteroatoms. The van der Waals surface area contributed by atoms with Crippen LogP contribution in [-0.2, 0) is 0 Å². The second-order valence-electron chi connectivity index (χ2n) is 6.83. The smallest absolute Gasteiger partial charge is 0.164 e. The molecule has 3 aromatic rings. The van der Waals surface area contributed by atoms with E-state index in [9.17, 15) is 4.39 Å². The van der Waals surface area contributed by atoms with Crippen LogP contribution in [0.5, 0.6) is 0 Å². The number of nitrogens with zero attached hydrogens (tertiary/aromatic N) is 6. The quantitative estimate of drug-likeness (QED) is 0.366. The Hall–Kier alpha value is -3.87. The Bertz CT molecular complexity index is 1110. The summed E-state index contributed by atoms with van der Waals surface area (Å²) >= 11 is 0. The molecular weight excluding hydrogens is 385 g/mol. The third kappa shape index (κ3) is 4.57. The maximum absolute atomic E-state index is 12.3. The zero-order chi connectivity index (χ0) is 21.5. The minimum atomic E-state index is -0.410. The molecule has 3 rings (SSSR count). The van der Waals surface area contributed by atoms with E-state index < -0.39 is 6.67 Å². The lowest BCUT2D eigenvalue weighted by atomic mass is 10.1. The number of nitriles is 1. The number of pyridine rings is 2. The van der Waals surface area contributed by atoms with Gasteiger partial charge in [0.25, 0.3) is 0 Å². The SMILES string of the molecule is CC(C)Nc1cc(-n2ncc3cc(C#N)cnc32)ncc1/C(=C/NCCCF)N=N. The third-order valence-electron chi connectivity index (χ3n) is 4.18. The van der Waals surface area contributed by atoms with E-state index >= 15 is 0 Å². The Labute approximate surface area is 173 Å². The van der Waals surface area contributed by atoms with Crippen molar-refractivity contribution in [3.8, 4) is 11.9 Å². The highest BCUT2D eigenvalue weighted by Gasteiger charge is 2.14. The van der Waals surface area contributed by atoms with Gasteiger partial charge in [-0.15, -0.1) is 0 Å². The molecule has 3 aromatic heterocycles. The van der Waals surface area contributed by atoms with Crippen LogP contribution in [0.15, 0.2) is 42.0 Å². The van der Waals surface area contributed by atoms with Crippen molar-refractivity contribution in [2.75, 3.05) is 18.5 Å². The lowest BCUT2D eigenvalue weighted by molar-refractivity contribution is 0.469. The standard InChI is InChI=1S/C20H22FN9/c1-13(2)28-17-7-19(25-11-16(17)18(29-23)12-24-5-3-4-21)30-20-15(10-27-30)6-14(8-22)9-26-20/h6-7,9-13,23-24H,3-5H2,1-2H3,(H,25,28)/b18-12-,29-23?. The first-order valence-corrected chi connectivity index (χ1v) is 9.45. The van der Waals surface area contributed by atoms with E-state index in [1.165, 1.54) is 6.20 Å². The molecule has 3 heterocycles. The van der Waals surface area contributed by atoms with E-state index in [2.05, 4.69) is 36.9 Å². The number of aromatic nitrogens is 4. The molecule has 0 radical (unpaired) electrons. The maximum atomic E-state index is 12.3. The van der Waals surface area contributed by atoms with Gasteiger partial charge in [0.05, 0.1) is 18.4 Å². The predicted octanol–water partition coefficient (Wildman–Crippen LogP) is 3.79. The Morgan fingerprint density at radius 3 is 2.87 bits per heavy atom. The molecule has 154 valence electrons. The van der Waals surface area contributed by atoms with Crippen molar-refractivity contribution in [1.82, 2.24) is 25.1 Å². The van der Waals surface area contributed by atoms with Crippen LogP contribution in [0.4, 0.5) is 10.1 Å². The van der Waals surface area contributed by atoms with Crippen LogP contribution >= 0.6 is 0 Å². The van der Waals surface area contributed by atoms with Gasteiger partial charge in [-0.3, -0.25) is 4.39 Å². The van der Waals surface area contributed by atoms with Gasteiger partial charge >= 0.3 is 0 Å². The van der Waals surface area contributed by atoms with Gasteiger partial charge in [0.1, 0.15) is 11.8 Å². The van der Waals surface area contributed by atoms with Gasteiger partial charge in [0, 0.05) is 53.9 Å². The summed E-state index contributed by atoms with van der Waals surface area (Å²) in [5, 5.41) is 24.0. The van der Waals surface area contributed by atoms with Crippen molar-refractivity contribution in [3.05, 3.63) is 48.1 Å². The molecule has 0 bridgehead atoms. The molecule has 0 atom stereocenters. The van der Waals surface area contributed by atoms with E-state index in [1.54, 1.807) is 29.3 Å². The second kappa shape index (κ2) is 9.56. The largest absolute Gasteiger partial charge is 0.389 e. The summed E-state index contributed by atoms with van der Waals surface area (Å²) in [6.45, 7) is 4.04. The molecule has 0 aliphatic carbocycles. The average molecular weight is 407 g/mol. The molecular formula is C20H22FN9. The van der Waals surface area contributed by atoms with Crippen molar-refractivity contribution in [2.45, 2.75) is 26.3 Å². The van der Waals surface area contributed by atoms with Gasteiger partial charge in [-0.05, 0) is 26.3 Å². The lowest BCUT2D eigenvalue weighted by Gasteiger charge is -2.16. The van der Waals surface area contributed by atoms with Crippen LogP contribution < -0.4 is 10.6 Å². The molecule has 30 heavy (non-hydrogen) atoms. The van der Waals surface area contributed by atoms with Crippen molar-refractivity contribution in [3.63, 3.8) is 0 Å². The van der Waals surface area contributed by atoms with E-state index in [-0.39, 0.29) is 6.04 Å². The number of hydrogen-bond donors (Lipinski definition) is 3. The molecule has 3 N–H and O–H groups in total. The van der Waals surface area contributed by atoms with Crippen LogP contribution in [0.1, 0.15) is 31.4 Å². The minimum Gasteiger partial charge on any atom is -0.389 e. The van der Waals surface area contributed by atoms with Gasteiger partial charge < -0.3 is 10.6 Å². The monoisotopic (exact) mass is 407 g/mol. The normalized spacial score (nSPS) is 11.5. The summed E-state index contributed by atoms with van der Waals surface area (Å²) in [5.41, 5.74) is 10.3. The summed E-state index contributed by atoms with van der Waals surface area (Å²) in [6.07, 6.45) is 6.69. The van der Waals surface area contributed by atoms with Gasteiger partial charge in [-0.25, -0.2) is 15.5 Å². The van der Waals surface area contributed by atoms with Crippen molar-refractivity contribution >= 4 is 22.4 Å². The predicted molar refractivity (Wildman–Crippen MR) is 112 cm³/mol. The van der Waals surface area contributed by atoms with Crippen LogP contribution in [-0.4, -0.2) is 39.0 Å². The highest BCUT2D eigenvalue weighted by Crippen LogP contribution is 2.27. The van der Waals surface area contributed by atoms with Gasteiger partial charge in [0.15, 0.2) is 11.5 Å². The molecule has 0 unspecified atom stereocenters. The van der Waals surface area contributed by atoms with Crippen LogP contribution in [0.25, 0.3) is 22.5 Å². The van der Waals surface area contributed by atoms with Crippen LogP contribution in [0.3, 0.4) is 0 Å². The van der Waals surface area contributed by atoms with Crippen molar-refractivity contribution < 1.29 is 4.39 Å². The summed E-state index contributed by atoms with van der Waals surface area (Å²) in [4.78, 5) is 8.81. The Kier molecular flexibility index (Phi) is 6.64. The Balaban J connectivity index is 2.02. The van der Waals surface area contributed by atoms with Gasteiger partial charge in [0.2, 0.25) is 0 Å². The highest BCUT2D eigenvalue weighted by atomic mass is 19.1. The number of anilines is 1. The number of hydrogen-bond acceptors (Lipinski definition) is 8. The fourth-order valence-corrected chi connectivity index (χ4v) is 2.85. The number of alkyl halides is 1. The topological polar surface area (TPSA) is 128 Å². The first-order chi connectivity index (χ1) is 14.6. The first kappa shape index (κ1) is 20.9. The number of rotatable bonds is 9. The molecule has 0 amide bonds. The third-order valence-corrected chi connectivity index (χ3v) is 4.18. The van der Waals surface area contributed by atoms with E-state index in [4.69, 9.17) is 10.8 Å². The molecule has 0 aliphatic heterocycles. The molecule has 0 saturated heterocycles.